The number of hydrogen-bond acceptors (Lipinski definition) is 5. The molecule has 0 aliphatic carbocycles. The van der Waals surface area contributed by atoms with E-state index in [1.165, 1.54) is 36.4 Å². The molecule has 0 aromatic heterocycles. The average molecular weight is 358 g/mol. The van der Waals surface area contributed by atoms with Crippen molar-refractivity contribution in [3.63, 3.8) is 0 Å². The van der Waals surface area contributed by atoms with E-state index in [1.807, 2.05) is 0 Å². The number of rotatable bonds is 4. The first-order valence-corrected chi connectivity index (χ1v) is 9.20. The van der Waals surface area contributed by atoms with Crippen LogP contribution in [0.1, 0.15) is 11.1 Å². The molecule has 0 bridgehead atoms. The van der Waals surface area contributed by atoms with Crippen LogP contribution >= 0.6 is 0 Å². The molecule has 23 heavy (non-hydrogen) atoms. The second kappa shape index (κ2) is 5.93. The Labute approximate surface area is 134 Å². The van der Waals surface area contributed by atoms with Crippen molar-refractivity contribution in [3.05, 3.63) is 47.5 Å². The molecule has 2 aromatic carbocycles. The third-order valence-electron chi connectivity index (χ3n) is 3.11. The third kappa shape index (κ3) is 4.08. The van der Waals surface area contributed by atoms with Crippen LogP contribution in [-0.2, 0) is 20.2 Å². The van der Waals surface area contributed by atoms with Crippen LogP contribution in [0.4, 0.5) is 0 Å². The van der Waals surface area contributed by atoms with Crippen molar-refractivity contribution >= 4 is 20.2 Å². The predicted molar refractivity (Wildman–Crippen MR) is 82.1 cm³/mol. The van der Waals surface area contributed by atoms with Gasteiger partial charge in [0.15, 0.2) is 0 Å². The maximum Gasteiger partial charge on any atom is 0.294 e. The lowest BCUT2D eigenvalue weighted by Crippen LogP contribution is -2.00. The Kier molecular flexibility index (Phi) is 4.49. The van der Waals surface area contributed by atoms with Crippen molar-refractivity contribution in [1.82, 2.24) is 0 Å². The smallest absolute Gasteiger partial charge is 0.294 e. The molecule has 2 rings (SSSR count). The van der Waals surface area contributed by atoms with Crippen molar-refractivity contribution < 1.29 is 30.7 Å². The van der Waals surface area contributed by atoms with Crippen LogP contribution in [0.25, 0.3) is 0 Å². The fraction of sp³-hybridized carbons (Fsp3) is 0.143. The molecule has 0 spiro atoms. The van der Waals surface area contributed by atoms with Gasteiger partial charge in [-0.25, -0.2) is 0 Å². The number of ether oxygens (including phenoxy) is 1. The van der Waals surface area contributed by atoms with Crippen molar-refractivity contribution in [2.24, 2.45) is 0 Å². The normalized spacial score (nSPS) is 12.2. The molecule has 9 heteroatoms. The summed E-state index contributed by atoms with van der Waals surface area (Å²) >= 11 is 0. The van der Waals surface area contributed by atoms with E-state index in [0.29, 0.717) is 22.6 Å². The van der Waals surface area contributed by atoms with Gasteiger partial charge in [0.05, 0.1) is 9.79 Å². The van der Waals surface area contributed by atoms with Crippen molar-refractivity contribution in [2.45, 2.75) is 23.6 Å². The van der Waals surface area contributed by atoms with Gasteiger partial charge in [-0.3, -0.25) is 9.11 Å². The fourth-order valence-corrected chi connectivity index (χ4v) is 3.04. The zero-order valence-electron chi connectivity index (χ0n) is 12.2. The first kappa shape index (κ1) is 17.4. The van der Waals surface area contributed by atoms with E-state index in [4.69, 9.17) is 13.8 Å². The molecule has 0 amide bonds. The summed E-state index contributed by atoms with van der Waals surface area (Å²) in [5, 5.41) is 0. The van der Waals surface area contributed by atoms with Gasteiger partial charge in [-0.05, 0) is 61.4 Å². The van der Waals surface area contributed by atoms with Gasteiger partial charge in [0.25, 0.3) is 20.2 Å². The highest BCUT2D eigenvalue weighted by atomic mass is 32.2. The third-order valence-corrected chi connectivity index (χ3v) is 4.81. The molecule has 0 atom stereocenters. The molecule has 0 unspecified atom stereocenters. The van der Waals surface area contributed by atoms with Crippen LogP contribution in [0.2, 0.25) is 0 Å². The van der Waals surface area contributed by atoms with E-state index < -0.39 is 20.2 Å². The van der Waals surface area contributed by atoms with Gasteiger partial charge in [-0.15, -0.1) is 0 Å². The van der Waals surface area contributed by atoms with Gasteiger partial charge in [-0.1, -0.05) is 0 Å². The maximum atomic E-state index is 11.1. The van der Waals surface area contributed by atoms with Gasteiger partial charge in [0.1, 0.15) is 11.5 Å². The van der Waals surface area contributed by atoms with Crippen molar-refractivity contribution in [3.8, 4) is 11.5 Å². The Morgan fingerprint density at radius 2 is 1.09 bits per heavy atom. The summed E-state index contributed by atoms with van der Waals surface area (Å²) in [5.41, 5.74) is 0.941. The molecular formula is C14H14O7S2. The fourth-order valence-electron chi connectivity index (χ4n) is 1.91. The summed E-state index contributed by atoms with van der Waals surface area (Å²) in [6.45, 7) is 3.21. The average Bonchev–Trinajstić information content (AvgIpc) is 2.40. The summed E-state index contributed by atoms with van der Waals surface area (Å²) in [5.74, 6) is 0.695. The van der Waals surface area contributed by atoms with E-state index in [1.54, 1.807) is 13.8 Å². The summed E-state index contributed by atoms with van der Waals surface area (Å²) in [7, 11) is -8.59. The number of benzene rings is 2. The van der Waals surface area contributed by atoms with E-state index >= 15 is 0 Å². The number of aryl methyl sites for hydroxylation is 2. The largest absolute Gasteiger partial charge is 0.457 e. The molecular weight excluding hydrogens is 344 g/mol. The molecule has 2 aromatic rings. The summed E-state index contributed by atoms with van der Waals surface area (Å²) < 4.78 is 67.9. The Hall–Kier alpha value is -1.94. The Morgan fingerprint density at radius 1 is 0.739 bits per heavy atom. The standard InChI is InChI=1S/C14H14O7S2/c1-9-7-11(22(15,16)17)3-5-13(9)21-14-6-4-12(8-10(14)2)23(18,19)20/h3-8H,1-2H3,(H,15,16,17)(H,18,19,20). The summed E-state index contributed by atoms with van der Waals surface area (Å²) in [6.07, 6.45) is 0. The molecule has 0 heterocycles. The van der Waals surface area contributed by atoms with Crippen LogP contribution in [0, 0.1) is 13.8 Å². The molecule has 7 nitrogen and oxygen atoms in total. The minimum absolute atomic E-state index is 0.249. The second-order valence-corrected chi connectivity index (χ2v) is 7.75. The molecule has 0 saturated heterocycles. The van der Waals surface area contributed by atoms with Crippen molar-refractivity contribution in [2.75, 3.05) is 0 Å². The molecule has 0 aliphatic rings. The van der Waals surface area contributed by atoms with Crippen LogP contribution in [0.15, 0.2) is 46.2 Å². The molecule has 124 valence electrons. The molecule has 0 saturated carbocycles. The highest BCUT2D eigenvalue weighted by Gasteiger charge is 2.14. The van der Waals surface area contributed by atoms with Crippen LogP contribution in [0.3, 0.4) is 0 Å². The van der Waals surface area contributed by atoms with Gasteiger partial charge < -0.3 is 4.74 Å². The van der Waals surface area contributed by atoms with Gasteiger partial charge in [0.2, 0.25) is 0 Å². The highest BCUT2D eigenvalue weighted by molar-refractivity contribution is 7.86. The predicted octanol–water partition coefficient (Wildman–Crippen LogP) is 2.59. The van der Waals surface area contributed by atoms with Crippen molar-refractivity contribution in [1.29, 1.82) is 0 Å². The SMILES string of the molecule is Cc1cc(S(=O)(=O)O)ccc1Oc1ccc(S(=O)(=O)O)cc1C. The Morgan fingerprint density at radius 3 is 1.35 bits per heavy atom. The molecule has 2 N–H and O–H groups in total. The van der Waals surface area contributed by atoms with E-state index in [-0.39, 0.29) is 9.79 Å². The van der Waals surface area contributed by atoms with Crippen LogP contribution < -0.4 is 4.74 Å². The number of hydrogen-bond donors (Lipinski definition) is 2. The lowest BCUT2D eigenvalue weighted by molar-refractivity contribution is 0.470. The summed E-state index contributed by atoms with van der Waals surface area (Å²) in [4.78, 5) is -0.499. The topological polar surface area (TPSA) is 118 Å². The zero-order chi connectivity index (χ0) is 17.4. The molecule has 0 fully saturated rings. The molecule has 0 aliphatic heterocycles. The Balaban J connectivity index is 2.37. The van der Waals surface area contributed by atoms with E-state index in [0.717, 1.165) is 0 Å². The lowest BCUT2D eigenvalue weighted by Gasteiger charge is -2.12. The van der Waals surface area contributed by atoms with Gasteiger partial charge in [-0.2, -0.15) is 16.8 Å². The highest BCUT2D eigenvalue weighted by Crippen LogP contribution is 2.30. The molecule has 0 radical (unpaired) electrons. The minimum Gasteiger partial charge on any atom is -0.457 e. The summed E-state index contributed by atoms with van der Waals surface area (Å²) in [6, 6.07) is 7.67. The van der Waals surface area contributed by atoms with E-state index in [2.05, 4.69) is 0 Å². The van der Waals surface area contributed by atoms with Gasteiger partial charge in [0, 0.05) is 0 Å². The maximum absolute atomic E-state index is 11.1. The first-order valence-electron chi connectivity index (χ1n) is 6.32. The quantitative estimate of drug-likeness (QED) is 0.806. The Bertz CT molecular complexity index is 881. The zero-order valence-corrected chi connectivity index (χ0v) is 13.8. The first-order chi connectivity index (χ1) is 10.5. The van der Waals surface area contributed by atoms with Crippen LogP contribution in [-0.4, -0.2) is 25.9 Å². The monoisotopic (exact) mass is 358 g/mol. The lowest BCUT2D eigenvalue weighted by atomic mass is 10.2. The minimum atomic E-state index is -4.30. The second-order valence-electron chi connectivity index (χ2n) is 4.91. The van der Waals surface area contributed by atoms with E-state index in [9.17, 15) is 16.8 Å². The van der Waals surface area contributed by atoms with Gasteiger partial charge >= 0.3 is 0 Å². The van der Waals surface area contributed by atoms with Crippen LogP contribution in [0.5, 0.6) is 11.5 Å².